The summed E-state index contributed by atoms with van der Waals surface area (Å²) >= 11 is 5.61. The zero-order valence-electron chi connectivity index (χ0n) is 11.7. The van der Waals surface area contributed by atoms with Crippen molar-refractivity contribution >= 4 is 17.3 Å². The van der Waals surface area contributed by atoms with Crippen LogP contribution in [0.3, 0.4) is 0 Å². The van der Waals surface area contributed by atoms with Gasteiger partial charge in [-0.1, -0.05) is 6.07 Å². The number of hydrogen-bond acceptors (Lipinski definition) is 3. The average molecular weight is 332 g/mol. The quantitative estimate of drug-likeness (QED) is 0.790. The summed E-state index contributed by atoms with van der Waals surface area (Å²) in [6.45, 7) is 1.08. The molecule has 0 N–H and O–H groups in total. The molecule has 0 saturated carbocycles. The van der Waals surface area contributed by atoms with Crippen LogP contribution in [0.2, 0.25) is 0 Å². The zero-order valence-corrected chi connectivity index (χ0v) is 12.4. The molecule has 0 aliphatic carbocycles. The summed E-state index contributed by atoms with van der Waals surface area (Å²) in [5.74, 6) is 0.135. The molecule has 0 fully saturated rings. The Morgan fingerprint density at radius 3 is 2.73 bits per heavy atom. The molecule has 0 unspecified atom stereocenters. The Balaban J connectivity index is 2.21. The highest BCUT2D eigenvalue weighted by molar-refractivity contribution is 6.17. The summed E-state index contributed by atoms with van der Waals surface area (Å²) in [5.41, 5.74) is 0.0659. The van der Waals surface area contributed by atoms with Gasteiger partial charge in [0.15, 0.2) is 11.4 Å². The van der Waals surface area contributed by atoms with Gasteiger partial charge in [0.2, 0.25) is 0 Å². The maximum absolute atomic E-state index is 13.4. The van der Waals surface area contributed by atoms with Gasteiger partial charge in [0.25, 0.3) is 0 Å². The Hall–Kier alpha value is -1.89. The Bertz CT molecular complexity index is 699. The third kappa shape index (κ3) is 2.39. The fourth-order valence-corrected chi connectivity index (χ4v) is 2.69. The van der Waals surface area contributed by atoms with Crippen LogP contribution in [-0.4, -0.2) is 30.0 Å². The second-order valence-electron chi connectivity index (χ2n) is 4.96. The first-order chi connectivity index (χ1) is 10.4. The van der Waals surface area contributed by atoms with Gasteiger partial charge in [-0.25, -0.2) is 4.68 Å². The van der Waals surface area contributed by atoms with E-state index in [9.17, 15) is 13.2 Å². The van der Waals surface area contributed by atoms with E-state index in [1.54, 1.807) is 18.2 Å². The topological polar surface area (TPSA) is 30.3 Å². The number of nitrogens with zero attached hydrogens (tertiary/aromatic N) is 3. The molecule has 2 aromatic rings. The van der Waals surface area contributed by atoms with Crippen LogP contribution in [0.15, 0.2) is 24.4 Å². The van der Waals surface area contributed by atoms with Crippen molar-refractivity contribution in [2.75, 3.05) is 25.1 Å². The lowest BCUT2D eigenvalue weighted by atomic mass is 10.2. The first-order valence-electron chi connectivity index (χ1n) is 6.61. The van der Waals surface area contributed by atoms with E-state index in [0.29, 0.717) is 18.9 Å². The first-order valence-corrected chi connectivity index (χ1v) is 7.14. The number of fused-ring (bicyclic) bond motifs is 1. The molecule has 118 valence electrons. The minimum absolute atomic E-state index is 0.0593. The highest BCUT2D eigenvalue weighted by Crippen LogP contribution is 2.40. The van der Waals surface area contributed by atoms with Crippen LogP contribution >= 0.6 is 11.6 Å². The molecule has 22 heavy (non-hydrogen) atoms. The van der Waals surface area contributed by atoms with E-state index in [2.05, 4.69) is 5.10 Å². The molecule has 0 spiro atoms. The van der Waals surface area contributed by atoms with Gasteiger partial charge in [-0.15, -0.1) is 11.6 Å². The number of likely N-dealkylation sites (N-methyl/N-ethyl adjacent to an activating group) is 1. The Morgan fingerprint density at radius 2 is 2.05 bits per heavy atom. The summed E-state index contributed by atoms with van der Waals surface area (Å²) in [5, 5.41) is 3.87. The summed E-state index contributed by atoms with van der Waals surface area (Å²) in [4.78, 5) is 1.93. The van der Waals surface area contributed by atoms with Crippen LogP contribution in [0.4, 0.5) is 18.9 Å². The van der Waals surface area contributed by atoms with Gasteiger partial charge in [-0.2, -0.15) is 18.3 Å². The van der Waals surface area contributed by atoms with E-state index in [0.717, 1.165) is 16.6 Å². The van der Waals surface area contributed by atoms with Crippen molar-refractivity contribution in [3.05, 3.63) is 35.7 Å². The molecule has 4 nitrogen and oxygen atoms in total. The molecule has 8 heteroatoms. The molecule has 1 aliphatic rings. The molecule has 0 saturated heterocycles. The molecule has 1 aliphatic heterocycles. The minimum atomic E-state index is -4.55. The van der Waals surface area contributed by atoms with Gasteiger partial charge >= 0.3 is 6.18 Å². The van der Waals surface area contributed by atoms with Gasteiger partial charge in [0.1, 0.15) is 12.3 Å². The number of rotatable bonds is 2. The van der Waals surface area contributed by atoms with Crippen molar-refractivity contribution in [1.82, 2.24) is 9.78 Å². The predicted molar refractivity (Wildman–Crippen MR) is 76.9 cm³/mol. The lowest BCUT2D eigenvalue weighted by Gasteiger charge is -2.29. The maximum atomic E-state index is 13.4. The molecule has 1 aromatic carbocycles. The fourth-order valence-electron chi connectivity index (χ4n) is 2.50. The molecule has 0 amide bonds. The number of ether oxygens (including phenoxy) is 1. The van der Waals surface area contributed by atoms with Crippen molar-refractivity contribution in [2.45, 2.75) is 12.1 Å². The van der Waals surface area contributed by atoms with Crippen molar-refractivity contribution in [3.8, 4) is 11.4 Å². The van der Waals surface area contributed by atoms with Gasteiger partial charge in [0.05, 0.1) is 24.3 Å². The average Bonchev–Trinajstić information content (AvgIpc) is 2.91. The van der Waals surface area contributed by atoms with Gasteiger partial charge < -0.3 is 9.64 Å². The maximum Gasteiger partial charge on any atom is 0.433 e. The monoisotopic (exact) mass is 331 g/mol. The Labute approximate surface area is 130 Å². The second kappa shape index (κ2) is 5.39. The van der Waals surface area contributed by atoms with Crippen LogP contribution in [0.25, 0.3) is 5.69 Å². The standard InChI is InChI=1S/C14H13ClF3N3O/c1-20-5-6-22-12-10(20)3-2-4-11(12)21-13(14(16,17)18)9(7-15)8-19-21/h2-4,8H,5-7H2,1H3. The summed E-state index contributed by atoms with van der Waals surface area (Å²) in [7, 11) is 1.86. The van der Waals surface area contributed by atoms with Gasteiger partial charge in [-0.05, 0) is 12.1 Å². The lowest BCUT2D eigenvalue weighted by molar-refractivity contribution is -0.143. The van der Waals surface area contributed by atoms with E-state index < -0.39 is 11.9 Å². The van der Waals surface area contributed by atoms with Crippen LogP contribution in [0.5, 0.6) is 5.75 Å². The van der Waals surface area contributed by atoms with Crippen LogP contribution in [-0.2, 0) is 12.1 Å². The lowest BCUT2D eigenvalue weighted by Crippen LogP contribution is -2.29. The number of alkyl halides is 4. The third-order valence-corrected chi connectivity index (χ3v) is 3.83. The van der Waals surface area contributed by atoms with Gasteiger partial charge in [0, 0.05) is 12.6 Å². The van der Waals surface area contributed by atoms with Crippen molar-refractivity contribution in [2.24, 2.45) is 0 Å². The molecular weight excluding hydrogens is 319 g/mol. The third-order valence-electron chi connectivity index (χ3n) is 3.54. The summed E-state index contributed by atoms with van der Waals surface area (Å²) < 4.78 is 46.5. The first kappa shape index (κ1) is 15.0. The fraction of sp³-hybridized carbons (Fsp3) is 0.357. The smallest absolute Gasteiger partial charge is 0.433 e. The second-order valence-corrected chi connectivity index (χ2v) is 5.22. The van der Waals surface area contributed by atoms with Crippen LogP contribution < -0.4 is 9.64 Å². The van der Waals surface area contributed by atoms with Crippen molar-refractivity contribution in [1.29, 1.82) is 0 Å². The largest absolute Gasteiger partial charge is 0.487 e. The van der Waals surface area contributed by atoms with E-state index in [1.807, 2.05) is 11.9 Å². The van der Waals surface area contributed by atoms with Gasteiger partial charge in [-0.3, -0.25) is 0 Å². The molecule has 0 atom stereocenters. The van der Waals surface area contributed by atoms with Crippen LogP contribution in [0.1, 0.15) is 11.3 Å². The number of hydrogen-bond donors (Lipinski definition) is 0. The van der Waals surface area contributed by atoms with Crippen molar-refractivity contribution in [3.63, 3.8) is 0 Å². The van der Waals surface area contributed by atoms with E-state index in [1.165, 1.54) is 0 Å². The number of para-hydroxylation sites is 1. The molecule has 0 radical (unpaired) electrons. The minimum Gasteiger partial charge on any atom is -0.487 e. The van der Waals surface area contributed by atoms with E-state index in [4.69, 9.17) is 16.3 Å². The molecule has 0 bridgehead atoms. The normalized spacial score (nSPS) is 14.7. The zero-order chi connectivity index (χ0) is 15.9. The molecular formula is C14H13ClF3N3O. The molecule has 1 aromatic heterocycles. The SMILES string of the molecule is CN1CCOc2c1cccc2-n1ncc(CCl)c1C(F)(F)F. The predicted octanol–water partition coefficient (Wildman–Crippen LogP) is 3.46. The summed E-state index contributed by atoms with van der Waals surface area (Å²) in [6.07, 6.45) is -3.41. The summed E-state index contributed by atoms with van der Waals surface area (Å²) in [6, 6.07) is 5.04. The number of anilines is 1. The molecule has 2 heterocycles. The van der Waals surface area contributed by atoms with E-state index >= 15 is 0 Å². The number of halogens is 4. The highest BCUT2D eigenvalue weighted by atomic mass is 35.5. The van der Waals surface area contributed by atoms with Crippen molar-refractivity contribution < 1.29 is 17.9 Å². The number of aromatic nitrogens is 2. The van der Waals surface area contributed by atoms with E-state index in [-0.39, 0.29) is 17.1 Å². The highest BCUT2D eigenvalue weighted by Gasteiger charge is 2.39. The molecule has 3 rings (SSSR count). The Morgan fingerprint density at radius 1 is 1.32 bits per heavy atom. The number of benzene rings is 1. The Kier molecular flexibility index (Phi) is 3.68. The van der Waals surface area contributed by atoms with Crippen LogP contribution in [0, 0.1) is 0 Å².